The molecule has 0 aliphatic heterocycles. The molecule has 0 aliphatic carbocycles. The van der Waals surface area contributed by atoms with E-state index in [0.29, 0.717) is 0 Å². The fourth-order valence-corrected chi connectivity index (χ4v) is 12.2. The minimum absolute atomic E-state index is 0.106. The van der Waals surface area contributed by atoms with Crippen LogP contribution in [0.15, 0.2) is 0 Å². The van der Waals surface area contributed by atoms with E-state index in [1.54, 1.807) is 0 Å². The van der Waals surface area contributed by atoms with Crippen molar-refractivity contribution in [3.8, 4) is 0 Å². The average molecular weight is 487 g/mol. The summed E-state index contributed by atoms with van der Waals surface area (Å²) in [5, 5.41) is 0. The SMILES string of the molecule is CCCCCCCCCCP(CCCC)(CCCC)(CCCC)OC(=O)C(CC)CCCC. The van der Waals surface area contributed by atoms with Gasteiger partial charge < -0.3 is 0 Å². The van der Waals surface area contributed by atoms with Crippen LogP contribution in [0, 0.1) is 5.92 Å². The molecule has 0 spiro atoms. The second-order valence-corrected chi connectivity index (χ2v) is 16.6. The van der Waals surface area contributed by atoms with E-state index in [-0.39, 0.29) is 11.9 Å². The monoisotopic (exact) mass is 486 g/mol. The molecule has 33 heavy (non-hydrogen) atoms. The number of unbranched alkanes of at least 4 members (excludes halogenated alkanes) is 11. The molecule has 0 saturated carbocycles. The molecule has 0 radical (unpaired) electrons. The third-order valence-electron chi connectivity index (χ3n) is 7.89. The van der Waals surface area contributed by atoms with Gasteiger partial charge >= 0.3 is 210 Å². The Kier molecular flexibility index (Phi) is 20.1. The molecule has 0 fully saturated rings. The molecule has 1 unspecified atom stereocenters. The molecule has 3 heteroatoms. The van der Waals surface area contributed by atoms with Crippen molar-refractivity contribution < 1.29 is 9.32 Å². The molecular weight excluding hydrogens is 423 g/mol. The van der Waals surface area contributed by atoms with E-state index in [1.165, 1.54) is 115 Å². The fourth-order valence-electron chi connectivity index (χ4n) is 5.44. The van der Waals surface area contributed by atoms with Crippen molar-refractivity contribution in [2.45, 2.75) is 157 Å². The molecule has 0 amide bonds. The molecule has 2 nitrogen and oxygen atoms in total. The van der Waals surface area contributed by atoms with Gasteiger partial charge in [0.25, 0.3) is 0 Å². The van der Waals surface area contributed by atoms with Gasteiger partial charge in [-0.2, -0.15) is 0 Å². The first kappa shape index (κ1) is 32.9. The number of hydrogen-bond acceptors (Lipinski definition) is 2. The average Bonchev–Trinajstić information content (AvgIpc) is 2.82. The van der Waals surface area contributed by atoms with Crippen molar-refractivity contribution in [3.05, 3.63) is 0 Å². The molecule has 0 rings (SSSR count). The molecule has 0 aromatic heterocycles. The van der Waals surface area contributed by atoms with Crippen LogP contribution in [0.2, 0.25) is 0 Å². The maximum atomic E-state index is 13.6. The summed E-state index contributed by atoms with van der Waals surface area (Å²) >= 11 is 0. The predicted molar refractivity (Wildman–Crippen MR) is 153 cm³/mol. The van der Waals surface area contributed by atoms with Crippen LogP contribution in [0.3, 0.4) is 0 Å². The van der Waals surface area contributed by atoms with Gasteiger partial charge in [0, 0.05) is 0 Å². The molecule has 0 aromatic carbocycles. The van der Waals surface area contributed by atoms with Crippen LogP contribution in [0.5, 0.6) is 0 Å². The Morgan fingerprint density at radius 1 is 0.545 bits per heavy atom. The Morgan fingerprint density at radius 2 is 0.939 bits per heavy atom. The summed E-state index contributed by atoms with van der Waals surface area (Å²) < 4.78 is 7.03. The van der Waals surface area contributed by atoms with Gasteiger partial charge in [0.05, 0.1) is 0 Å². The Hall–Kier alpha value is -0.100. The third kappa shape index (κ3) is 13.5. The Balaban J connectivity index is 5.60. The van der Waals surface area contributed by atoms with Crippen LogP contribution in [0.25, 0.3) is 0 Å². The van der Waals surface area contributed by atoms with E-state index >= 15 is 0 Å². The molecule has 0 aromatic rings. The zero-order valence-corrected chi connectivity index (χ0v) is 24.8. The van der Waals surface area contributed by atoms with Crippen LogP contribution >= 0.6 is 6.83 Å². The molecule has 0 heterocycles. The molecule has 0 aliphatic rings. The van der Waals surface area contributed by atoms with Crippen LogP contribution in [0.1, 0.15) is 157 Å². The number of rotatable bonds is 24. The van der Waals surface area contributed by atoms with Crippen molar-refractivity contribution >= 4 is 12.8 Å². The Bertz CT molecular complexity index is 438. The van der Waals surface area contributed by atoms with Gasteiger partial charge in [-0.05, 0) is 0 Å². The van der Waals surface area contributed by atoms with Gasteiger partial charge in [-0.3, -0.25) is 0 Å². The van der Waals surface area contributed by atoms with Crippen LogP contribution in [0.4, 0.5) is 0 Å². The first-order valence-electron chi connectivity index (χ1n) is 15.2. The fraction of sp³-hybridized carbons (Fsp3) is 0.967. The summed E-state index contributed by atoms with van der Waals surface area (Å²) in [6.45, 7) is 11.1. The van der Waals surface area contributed by atoms with E-state index in [2.05, 4.69) is 41.5 Å². The van der Waals surface area contributed by atoms with Gasteiger partial charge in [0.15, 0.2) is 0 Å². The van der Waals surface area contributed by atoms with Gasteiger partial charge in [0.1, 0.15) is 0 Å². The van der Waals surface area contributed by atoms with E-state index in [0.717, 1.165) is 25.7 Å². The van der Waals surface area contributed by atoms with Gasteiger partial charge in [0.2, 0.25) is 0 Å². The van der Waals surface area contributed by atoms with Gasteiger partial charge in [-0.1, -0.05) is 0 Å². The minimum atomic E-state index is -2.52. The molecule has 1 atom stereocenters. The topological polar surface area (TPSA) is 26.3 Å². The molecular formula is C30H63O2P. The Labute approximate surface area is 209 Å². The van der Waals surface area contributed by atoms with Crippen molar-refractivity contribution in [3.63, 3.8) is 0 Å². The van der Waals surface area contributed by atoms with Crippen molar-refractivity contribution in [1.29, 1.82) is 0 Å². The Morgan fingerprint density at radius 3 is 1.36 bits per heavy atom. The van der Waals surface area contributed by atoms with Crippen molar-refractivity contribution in [1.82, 2.24) is 0 Å². The summed E-state index contributed by atoms with van der Waals surface area (Å²) in [5.74, 6) is 0.279. The quantitative estimate of drug-likeness (QED) is 0.100. The van der Waals surface area contributed by atoms with E-state index in [1.807, 2.05) is 0 Å². The van der Waals surface area contributed by atoms with Crippen LogP contribution in [-0.4, -0.2) is 30.6 Å². The summed E-state index contributed by atoms with van der Waals surface area (Å²) in [6, 6.07) is 0. The molecule has 0 bridgehead atoms. The number of carbonyl (C=O) groups excluding carboxylic acids is 1. The van der Waals surface area contributed by atoms with Gasteiger partial charge in [-0.25, -0.2) is 0 Å². The summed E-state index contributed by atoms with van der Waals surface area (Å²) in [6.07, 6.45) is 27.1. The van der Waals surface area contributed by atoms with E-state index in [9.17, 15) is 4.79 Å². The standard InChI is InChI=1S/C30H63O2P/c1-7-13-18-19-20-21-22-23-28-33(25-15-9-3,26-16-10-4,27-17-11-5)32-30(31)29(12-6)24-14-8-2/h29H,7-28H2,1-6H3. The van der Waals surface area contributed by atoms with Crippen LogP contribution in [-0.2, 0) is 9.32 Å². The first-order chi connectivity index (χ1) is 16.0. The molecule has 200 valence electrons. The first-order valence-corrected chi connectivity index (χ1v) is 18.1. The molecule has 0 N–H and O–H groups in total. The van der Waals surface area contributed by atoms with Crippen molar-refractivity contribution in [2.24, 2.45) is 5.92 Å². The number of hydrogen-bond donors (Lipinski definition) is 0. The summed E-state index contributed by atoms with van der Waals surface area (Å²) in [7, 11) is 0. The zero-order valence-electron chi connectivity index (χ0n) is 23.9. The zero-order chi connectivity index (χ0) is 24.9. The molecule has 0 saturated heterocycles. The van der Waals surface area contributed by atoms with Gasteiger partial charge in [-0.15, -0.1) is 0 Å². The second-order valence-electron chi connectivity index (χ2n) is 10.9. The predicted octanol–water partition coefficient (Wildman–Crippen LogP) is 10.8. The normalized spacial score (nSPS) is 14.1. The van der Waals surface area contributed by atoms with Crippen LogP contribution < -0.4 is 0 Å². The van der Waals surface area contributed by atoms with E-state index < -0.39 is 6.83 Å². The van der Waals surface area contributed by atoms with Crippen molar-refractivity contribution in [2.75, 3.05) is 24.6 Å². The second kappa shape index (κ2) is 20.1. The number of carbonyl (C=O) groups is 1. The summed E-state index contributed by atoms with van der Waals surface area (Å²) in [5.41, 5.74) is 0. The third-order valence-corrected chi connectivity index (χ3v) is 14.4. The summed E-state index contributed by atoms with van der Waals surface area (Å²) in [4.78, 5) is 13.6. The maximum absolute atomic E-state index is 13.6. The van der Waals surface area contributed by atoms with E-state index in [4.69, 9.17) is 4.52 Å².